The largest absolute Gasteiger partial charge is 0.573 e. The second kappa shape index (κ2) is 7.60. The van der Waals surface area contributed by atoms with E-state index in [9.17, 15) is 27.6 Å². The SMILES string of the molecule is CCOC(=O)CN1C(=O)S/C(=C\c2ccc(OC(F)(F)F)cc2)C1=O. The standard InChI is InChI=1S/C15H12F3NO5S/c1-2-23-12(20)8-19-13(21)11(25-14(19)22)7-9-3-5-10(6-4-9)24-15(16,17)18/h3-7H,2,8H2,1H3/b11-7-. The lowest BCUT2D eigenvalue weighted by molar-refractivity contribution is -0.274. The summed E-state index contributed by atoms with van der Waals surface area (Å²) >= 11 is 0.630. The molecule has 0 unspecified atom stereocenters. The van der Waals surface area contributed by atoms with Crippen LogP contribution in [-0.4, -0.2) is 41.5 Å². The van der Waals surface area contributed by atoms with E-state index < -0.39 is 35.8 Å². The zero-order valence-electron chi connectivity index (χ0n) is 12.8. The molecule has 1 aromatic rings. The second-order valence-corrected chi connectivity index (χ2v) is 5.68. The molecule has 1 fully saturated rings. The van der Waals surface area contributed by atoms with E-state index in [1.807, 2.05) is 0 Å². The van der Waals surface area contributed by atoms with Crippen LogP contribution in [0.15, 0.2) is 29.2 Å². The smallest absolute Gasteiger partial charge is 0.465 e. The van der Waals surface area contributed by atoms with Crippen molar-refractivity contribution in [1.82, 2.24) is 4.90 Å². The Labute approximate surface area is 144 Å². The number of hydrogen-bond donors (Lipinski definition) is 0. The number of rotatable bonds is 5. The lowest BCUT2D eigenvalue weighted by atomic mass is 10.2. The molecule has 0 aliphatic carbocycles. The first-order chi connectivity index (χ1) is 11.7. The summed E-state index contributed by atoms with van der Waals surface area (Å²) < 4.78 is 44.7. The highest BCUT2D eigenvalue weighted by atomic mass is 32.2. The molecule has 0 spiro atoms. The molecule has 10 heteroatoms. The lowest BCUT2D eigenvalue weighted by Gasteiger charge is -2.10. The first-order valence-electron chi connectivity index (χ1n) is 6.96. The molecule has 25 heavy (non-hydrogen) atoms. The Morgan fingerprint density at radius 3 is 2.44 bits per heavy atom. The minimum absolute atomic E-state index is 0.0544. The predicted molar refractivity (Wildman–Crippen MR) is 82.4 cm³/mol. The third-order valence-electron chi connectivity index (χ3n) is 2.88. The van der Waals surface area contributed by atoms with Crippen molar-refractivity contribution in [2.24, 2.45) is 0 Å². The third-order valence-corrected chi connectivity index (χ3v) is 3.78. The van der Waals surface area contributed by atoms with Crippen LogP contribution in [0.1, 0.15) is 12.5 Å². The number of alkyl halides is 3. The Hall–Kier alpha value is -2.49. The van der Waals surface area contributed by atoms with Crippen molar-refractivity contribution < 1.29 is 37.0 Å². The fourth-order valence-corrected chi connectivity index (χ4v) is 2.73. The molecule has 2 amide bonds. The number of imide groups is 1. The maximum absolute atomic E-state index is 12.1. The Balaban J connectivity index is 2.09. The van der Waals surface area contributed by atoms with E-state index in [2.05, 4.69) is 9.47 Å². The van der Waals surface area contributed by atoms with Gasteiger partial charge in [-0.2, -0.15) is 0 Å². The topological polar surface area (TPSA) is 72.9 Å². The average molecular weight is 375 g/mol. The van der Waals surface area contributed by atoms with Gasteiger partial charge in [-0.25, -0.2) is 0 Å². The number of hydrogen-bond acceptors (Lipinski definition) is 6. The number of benzene rings is 1. The summed E-state index contributed by atoms with van der Waals surface area (Å²) in [6, 6.07) is 4.78. The molecule has 2 rings (SSSR count). The molecule has 1 aromatic carbocycles. The van der Waals surface area contributed by atoms with Gasteiger partial charge in [0.25, 0.3) is 11.1 Å². The van der Waals surface area contributed by atoms with Crippen LogP contribution in [0.25, 0.3) is 6.08 Å². The summed E-state index contributed by atoms with van der Waals surface area (Å²) in [5.41, 5.74) is 0.399. The summed E-state index contributed by atoms with van der Waals surface area (Å²) in [7, 11) is 0. The summed E-state index contributed by atoms with van der Waals surface area (Å²) in [5.74, 6) is -1.78. The summed E-state index contributed by atoms with van der Waals surface area (Å²) in [6.45, 7) is 1.23. The van der Waals surface area contributed by atoms with Gasteiger partial charge in [0.15, 0.2) is 0 Å². The molecular formula is C15H12F3NO5S. The van der Waals surface area contributed by atoms with Crippen molar-refractivity contribution in [2.75, 3.05) is 13.2 Å². The van der Waals surface area contributed by atoms with Crippen molar-refractivity contribution in [3.05, 3.63) is 34.7 Å². The zero-order chi connectivity index (χ0) is 18.6. The molecule has 0 bridgehead atoms. The zero-order valence-corrected chi connectivity index (χ0v) is 13.6. The highest BCUT2D eigenvalue weighted by molar-refractivity contribution is 8.18. The van der Waals surface area contributed by atoms with E-state index in [1.54, 1.807) is 6.92 Å². The molecule has 0 atom stereocenters. The van der Waals surface area contributed by atoms with Gasteiger partial charge in [0.05, 0.1) is 11.5 Å². The van der Waals surface area contributed by atoms with Crippen LogP contribution in [0.2, 0.25) is 0 Å². The molecule has 1 heterocycles. The van der Waals surface area contributed by atoms with E-state index in [4.69, 9.17) is 0 Å². The van der Waals surface area contributed by atoms with Gasteiger partial charge >= 0.3 is 12.3 Å². The highest BCUT2D eigenvalue weighted by Crippen LogP contribution is 2.32. The molecule has 0 aromatic heterocycles. The van der Waals surface area contributed by atoms with Gasteiger partial charge in [-0.1, -0.05) is 12.1 Å². The molecule has 1 saturated heterocycles. The number of amides is 2. The molecule has 1 aliphatic heterocycles. The van der Waals surface area contributed by atoms with Crippen molar-refractivity contribution in [2.45, 2.75) is 13.3 Å². The molecule has 1 aliphatic rings. The average Bonchev–Trinajstić information content (AvgIpc) is 2.76. The summed E-state index contributed by atoms with van der Waals surface area (Å²) in [5, 5.41) is -0.624. The predicted octanol–water partition coefficient (Wildman–Crippen LogP) is 3.18. The second-order valence-electron chi connectivity index (χ2n) is 4.69. The minimum Gasteiger partial charge on any atom is -0.465 e. The van der Waals surface area contributed by atoms with Crippen LogP contribution in [0, 0.1) is 0 Å². The normalized spacial score (nSPS) is 16.5. The van der Waals surface area contributed by atoms with E-state index in [0.29, 0.717) is 17.3 Å². The van der Waals surface area contributed by atoms with E-state index in [-0.39, 0.29) is 11.5 Å². The maximum Gasteiger partial charge on any atom is 0.573 e. The van der Waals surface area contributed by atoms with Crippen molar-refractivity contribution in [3.8, 4) is 5.75 Å². The number of thioether (sulfide) groups is 1. The van der Waals surface area contributed by atoms with Crippen molar-refractivity contribution >= 4 is 35.0 Å². The highest BCUT2D eigenvalue weighted by Gasteiger charge is 2.36. The number of carbonyl (C=O) groups is 3. The summed E-state index contributed by atoms with van der Waals surface area (Å²) in [4.78, 5) is 36.2. The number of nitrogens with zero attached hydrogens (tertiary/aromatic N) is 1. The van der Waals surface area contributed by atoms with Gasteiger partial charge in [0.1, 0.15) is 12.3 Å². The van der Waals surface area contributed by atoms with Crippen LogP contribution in [0.3, 0.4) is 0 Å². The molecule has 0 radical (unpaired) electrons. The first-order valence-corrected chi connectivity index (χ1v) is 7.78. The quantitative estimate of drug-likeness (QED) is 0.581. The lowest BCUT2D eigenvalue weighted by Crippen LogP contribution is -2.34. The van der Waals surface area contributed by atoms with Gasteiger partial charge in [-0.3, -0.25) is 19.3 Å². The van der Waals surface area contributed by atoms with Crippen LogP contribution < -0.4 is 4.74 Å². The van der Waals surface area contributed by atoms with Crippen LogP contribution in [0.4, 0.5) is 18.0 Å². The van der Waals surface area contributed by atoms with Gasteiger partial charge in [0, 0.05) is 0 Å². The molecule has 134 valence electrons. The molecule has 0 N–H and O–H groups in total. The van der Waals surface area contributed by atoms with Gasteiger partial charge in [0.2, 0.25) is 0 Å². The van der Waals surface area contributed by atoms with E-state index in [1.165, 1.54) is 18.2 Å². The first kappa shape index (κ1) is 18.8. The number of halogens is 3. The van der Waals surface area contributed by atoms with Gasteiger partial charge in [-0.15, -0.1) is 13.2 Å². The number of ether oxygens (including phenoxy) is 2. The van der Waals surface area contributed by atoms with Crippen molar-refractivity contribution in [3.63, 3.8) is 0 Å². The Bertz CT molecular complexity index is 715. The molecular weight excluding hydrogens is 363 g/mol. The number of carbonyl (C=O) groups excluding carboxylic acids is 3. The van der Waals surface area contributed by atoms with Crippen LogP contribution >= 0.6 is 11.8 Å². The Morgan fingerprint density at radius 2 is 1.88 bits per heavy atom. The third kappa shape index (κ3) is 5.24. The minimum atomic E-state index is -4.79. The van der Waals surface area contributed by atoms with E-state index >= 15 is 0 Å². The van der Waals surface area contributed by atoms with Crippen molar-refractivity contribution in [1.29, 1.82) is 0 Å². The van der Waals surface area contributed by atoms with Gasteiger partial charge in [-0.05, 0) is 42.5 Å². The Morgan fingerprint density at radius 1 is 1.24 bits per heavy atom. The molecule has 6 nitrogen and oxygen atoms in total. The van der Waals surface area contributed by atoms with Crippen LogP contribution in [-0.2, 0) is 14.3 Å². The monoisotopic (exact) mass is 375 g/mol. The fraction of sp³-hybridized carbons (Fsp3) is 0.267. The van der Waals surface area contributed by atoms with Gasteiger partial charge < -0.3 is 9.47 Å². The number of esters is 1. The molecule has 0 saturated carbocycles. The fourth-order valence-electron chi connectivity index (χ4n) is 1.89. The Kier molecular flexibility index (Phi) is 5.73. The van der Waals surface area contributed by atoms with Crippen LogP contribution in [0.5, 0.6) is 5.75 Å². The summed E-state index contributed by atoms with van der Waals surface area (Å²) in [6.07, 6.45) is -3.45. The maximum atomic E-state index is 12.1. The van der Waals surface area contributed by atoms with E-state index in [0.717, 1.165) is 17.0 Å².